The lowest BCUT2D eigenvalue weighted by atomic mass is 10.1. The first-order chi connectivity index (χ1) is 10.3. The topological polar surface area (TPSA) is 22.1 Å². The van der Waals surface area contributed by atoms with Crippen LogP contribution >= 0.6 is 11.3 Å². The molecule has 0 aromatic carbocycles. The van der Waals surface area contributed by atoms with E-state index in [0.29, 0.717) is 5.88 Å². The van der Waals surface area contributed by atoms with Crippen molar-refractivity contribution in [2.24, 2.45) is 0 Å². The number of thiophene rings is 1. The number of rotatable bonds is 2. The van der Waals surface area contributed by atoms with Gasteiger partial charge in [0.15, 0.2) is 0 Å². The second kappa shape index (κ2) is 8.83. The van der Waals surface area contributed by atoms with Crippen LogP contribution in [0.2, 0.25) is 0 Å². The van der Waals surface area contributed by atoms with Crippen molar-refractivity contribution in [3.63, 3.8) is 0 Å². The number of hydrogen-bond donors (Lipinski definition) is 0. The fourth-order valence-electron chi connectivity index (χ4n) is 2.50. The zero-order chi connectivity index (χ0) is 15.8. The molecule has 0 aliphatic heterocycles. The maximum atomic E-state index is 5.19. The SMILES string of the molecule is CC.CC.COc1cc(-c2sc3c(c2C)CCC3)ccn1. The van der Waals surface area contributed by atoms with Gasteiger partial charge in [-0.2, -0.15) is 0 Å². The minimum Gasteiger partial charge on any atom is -0.481 e. The van der Waals surface area contributed by atoms with Gasteiger partial charge in [-0.15, -0.1) is 11.3 Å². The van der Waals surface area contributed by atoms with Crippen molar-refractivity contribution >= 4 is 11.3 Å². The summed E-state index contributed by atoms with van der Waals surface area (Å²) >= 11 is 1.94. The van der Waals surface area contributed by atoms with Crippen LogP contribution in [0.3, 0.4) is 0 Å². The van der Waals surface area contributed by atoms with Gasteiger partial charge in [0.05, 0.1) is 7.11 Å². The summed E-state index contributed by atoms with van der Waals surface area (Å²) in [6.07, 6.45) is 5.64. The van der Waals surface area contributed by atoms with Gasteiger partial charge in [0.25, 0.3) is 0 Å². The van der Waals surface area contributed by atoms with Crippen LogP contribution in [0.15, 0.2) is 18.3 Å². The molecule has 0 spiro atoms. The largest absolute Gasteiger partial charge is 0.481 e. The van der Waals surface area contributed by atoms with E-state index in [2.05, 4.69) is 18.0 Å². The Kier molecular flexibility index (Phi) is 7.44. The minimum absolute atomic E-state index is 0.690. The Hall–Kier alpha value is -1.35. The fraction of sp³-hybridized carbons (Fsp3) is 0.500. The second-order valence-corrected chi connectivity index (χ2v) is 5.50. The molecule has 3 heteroatoms. The summed E-state index contributed by atoms with van der Waals surface area (Å²) < 4.78 is 5.19. The lowest BCUT2D eigenvalue weighted by Crippen LogP contribution is -1.88. The third-order valence-electron chi connectivity index (χ3n) is 3.39. The summed E-state index contributed by atoms with van der Waals surface area (Å²) in [5.41, 5.74) is 4.27. The van der Waals surface area contributed by atoms with Gasteiger partial charge < -0.3 is 4.74 Å². The predicted molar refractivity (Wildman–Crippen MR) is 93.6 cm³/mol. The van der Waals surface area contributed by atoms with Crippen molar-refractivity contribution in [1.82, 2.24) is 4.98 Å². The number of aryl methyl sites for hydroxylation is 1. The Labute approximate surface area is 133 Å². The highest BCUT2D eigenvalue weighted by molar-refractivity contribution is 7.16. The van der Waals surface area contributed by atoms with Crippen molar-refractivity contribution in [1.29, 1.82) is 0 Å². The molecule has 0 fully saturated rings. The van der Waals surface area contributed by atoms with E-state index in [-0.39, 0.29) is 0 Å². The smallest absolute Gasteiger partial charge is 0.213 e. The monoisotopic (exact) mass is 305 g/mol. The maximum Gasteiger partial charge on any atom is 0.213 e. The van der Waals surface area contributed by atoms with Gasteiger partial charge in [0, 0.05) is 22.0 Å². The summed E-state index contributed by atoms with van der Waals surface area (Å²) in [5, 5.41) is 0. The lowest BCUT2D eigenvalue weighted by Gasteiger charge is -2.03. The van der Waals surface area contributed by atoms with Crippen LogP contribution in [0.5, 0.6) is 5.88 Å². The third kappa shape index (κ3) is 3.85. The predicted octanol–water partition coefficient (Wildman–Crippen LogP) is 5.67. The fourth-order valence-corrected chi connectivity index (χ4v) is 3.89. The van der Waals surface area contributed by atoms with E-state index < -0.39 is 0 Å². The van der Waals surface area contributed by atoms with Crippen LogP contribution in [0.4, 0.5) is 0 Å². The molecule has 2 heterocycles. The number of hydrogen-bond acceptors (Lipinski definition) is 3. The van der Waals surface area contributed by atoms with E-state index >= 15 is 0 Å². The Morgan fingerprint density at radius 1 is 1.14 bits per heavy atom. The number of aromatic nitrogens is 1. The van der Waals surface area contributed by atoms with Crippen molar-refractivity contribution in [3.8, 4) is 16.3 Å². The minimum atomic E-state index is 0.690. The summed E-state index contributed by atoms with van der Waals surface area (Å²) in [6.45, 7) is 10.2. The molecule has 0 amide bonds. The van der Waals surface area contributed by atoms with E-state index in [9.17, 15) is 0 Å². The highest BCUT2D eigenvalue weighted by atomic mass is 32.1. The first-order valence-electron chi connectivity index (χ1n) is 7.91. The molecule has 0 atom stereocenters. The van der Waals surface area contributed by atoms with Gasteiger partial charge in [-0.3, -0.25) is 0 Å². The molecule has 2 nitrogen and oxygen atoms in total. The van der Waals surface area contributed by atoms with Crippen molar-refractivity contribution in [3.05, 3.63) is 34.3 Å². The van der Waals surface area contributed by atoms with Crippen LogP contribution < -0.4 is 4.74 Å². The van der Waals surface area contributed by atoms with Crippen LogP contribution in [-0.4, -0.2) is 12.1 Å². The summed E-state index contributed by atoms with van der Waals surface area (Å²) in [7, 11) is 1.66. The zero-order valence-electron chi connectivity index (χ0n) is 14.1. The highest BCUT2D eigenvalue weighted by Crippen LogP contribution is 2.40. The molecular weight excluding hydrogens is 278 g/mol. The first-order valence-corrected chi connectivity index (χ1v) is 8.73. The van der Waals surface area contributed by atoms with E-state index in [0.717, 1.165) is 0 Å². The molecule has 0 saturated carbocycles. The van der Waals surface area contributed by atoms with Crippen molar-refractivity contribution in [2.75, 3.05) is 7.11 Å². The molecule has 1 aliphatic carbocycles. The lowest BCUT2D eigenvalue weighted by molar-refractivity contribution is 0.398. The normalized spacial score (nSPS) is 11.7. The average Bonchev–Trinajstić information content (AvgIpc) is 3.15. The number of pyridine rings is 1. The van der Waals surface area contributed by atoms with Crippen LogP contribution in [0.25, 0.3) is 10.4 Å². The van der Waals surface area contributed by atoms with E-state index in [1.54, 1.807) is 17.6 Å². The molecule has 2 aromatic rings. The van der Waals surface area contributed by atoms with E-state index in [1.807, 2.05) is 51.3 Å². The number of methoxy groups -OCH3 is 1. The Morgan fingerprint density at radius 2 is 1.86 bits per heavy atom. The van der Waals surface area contributed by atoms with Gasteiger partial charge in [-0.1, -0.05) is 27.7 Å². The van der Waals surface area contributed by atoms with Crippen molar-refractivity contribution < 1.29 is 4.74 Å². The summed E-state index contributed by atoms with van der Waals surface area (Å²) in [6, 6.07) is 4.09. The van der Waals surface area contributed by atoms with Gasteiger partial charge in [-0.05, 0) is 48.9 Å². The summed E-state index contributed by atoms with van der Waals surface area (Å²) in [4.78, 5) is 7.12. The first kappa shape index (κ1) is 17.7. The van der Waals surface area contributed by atoms with Crippen LogP contribution in [-0.2, 0) is 12.8 Å². The second-order valence-electron chi connectivity index (χ2n) is 4.40. The van der Waals surface area contributed by atoms with Crippen LogP contribution in [0.1, 0.15) is 50.1 Å². The van der Waals surface area contributed by atoms with Gasteiger partial charge in [-0.25, -0.2) is 4.98 Å². The molecule has 0 saturated heterocycles. The molecule has 0 radical (unpaired) electrons. The Bertz CT molecular complexity index is 560. The molecule has 2 aromatic heterocycles. The Morgan fingerprint density at radius 3 is 2.48 bits per heavy atom. The van der Waals surface area contributed by atoms with Crippen molar-refractivity contribution in [2.45, 2.75) is 53.9 Å². The van der Waals surface area contributed by atoms with Crippen LogP contribution in [0, 0.1) is 6.92 Å². The summed E-state index contributed by atoms with van der Waals surface area (Å²) in [5.74, 6) is 0.690. The molecule has 116 valence electrons. The Balaban J connectivity index is 0.000000510. The molecule has 0 unspecified atom stereocenters. The maximum absolute atomic E-state index is 5.19. The highest BCUT2D eigenvalue weighted by Gasteiger charge is 2.20. The van der Waals surface area contributed by atoms with Gasteiger partial charge >= 0.3 is 0 Å². The zero-order valence-corrected chi connectivity index (χ0v) is 14.9. The molecule has 0 bridgehead atoms. The molecule has 3 rings (SSSR count). The number of fused-ring (bicyclic) bond motifs is 1. The van der Waals surface area contributed by atoms with Gasteiger partial charge in [0.1, 0.15) is 0 Å². The standard InChI is InChI=1S/C14H15NOS.2C2H6/c1-9-11-4-3-5-12(11)17-14(9)10-6-7-15-13(8-10)16-2;2*1-2/h6-8H,3-5H2,1-2H3;2*1-2H3. The number of nitrogens with zero attached hydrogens (tertiary/aromatic N) is 1. The number of ether oxygens (including phenoxy) is 1. The third-order valence-corrected chi connectivity index (χ3v) is 4.83. The van der Waals surface area contributed by atoms with E-state index in [1.165, 1.54) is 35.3 Å². The quantitative estimate of drug-likeness (QED) is 0.713. The molecule has 1 aliphatic rings. The van der Waals surface area contributed by atoms with E-state index in [4.69, 9.17) is 4.74 Å². The van der Waals surface area contributed by atoms with Gasteiger partial charge in [0.2, 0.25) is 5.88 Å². The average molecular weight is 305 g/mol. The molecule has 0 N–H and O–H groups in total. The molecular formula is C18H27NOS. The molecule has 21 heavy (non-hydrogen) atoms.